The van der Waals surface area contributed by atoms with E-state index in [4.69, 9.17) is 4.42 Å². The van der Waals surface area contributed by atoms with Crippen LogP contribution in [0.25, 0.3) is 75.1 Å². The second-order valence-corrected chi connectivity index (χ2v) is 15.6. The molecule has 0 saturated carbocycles. The first-order valence-corrected chi connectivity index (χ1v) is 18.7. The minimum Gasteiger partial charge on any atom is -0.456 e. The first-order chi connectivity index (χ1) is 25.5. The summed E-state index contributed by atoms with van der Waals surface area (Å²) in [6.07, 6.45) is 0. The van der Waals surface area contributed by atoms with Crippen LogP contribution in [0.3, 0.4) is 0 Å². The van der Waals surface area contributed by atoms with Crippen LogP contribution in [-0.4, -0.2) is 0 Å². The van der Waals surface area contributed by atoms with Gasteiger partial charge in [-0.3, -0.25) is 0 Å². The Labute approximate surface area is 305 Å². The van der Waals surface area contributed by atoms with Crippen LogP contribution in [0, 0.1) is 0 Å². The van der Waals surface area contributed by atoms with E-state index in [-0.39, 0.29) is 5.41 Å². The van der Waals surface area contributed by atoms with E-state index in [0.29, 0.717) is 0 Å². The largest absolute Gasteiger partial charge is 0.456 e. The van der Waals surface area contributed by atoms with Gasteiger partial charge >= 0.3 is 0 Å². The van der Waals surface area contributed by atoms with E-state index in [1.54, 1.807) is 0 Å². The van der Waals surface area contributed by atoms with Crippen molar-refractivity contribution in [3.63, 3.8) is 0 Å². The average Bonchev–Trinajstić information content (AvgIpc) is 3.83. The van der Waals surface area contributed by atoms with Gasteiger partial charge in [0.15, 0.2) is 0 Å². The Morgan fingerprint density at radius 1 is 0.481 bits per heavy atom. The summed E-state index contributed by atoms with van der Waals surface area (Å²) >= 11 is 1.89. The Balaban J connectivity index is 1.10. The number of thiophene rings is 1. The molecule has 1 aliphatic carbocycles. The molecule has 0 bridgehead atoms. The van der Waals surface area contributed by atoms with Crippen molar-refractivity contribution in [2.24, 2.45) is 0 Å². The molecular formula is C49H33NOS. The smallest absolute Gasteiger partial charge is 0.137 e. The molecule has 2 nitrogen and oxygen atoms in total. The Morgan fingerprint density at radius 3 is 2.02 bits per heavy atom. The number of para-hydroxylation sites is 1. The highest BCUT2D eigenvalue weighted by Gasteiger charge is 2.35. The molecule has 0 radical (unpaired) electrons. The lowest BCUT2D eigenvalue weighted by atomic mass is 9.82. The highest BCUT2D eigenvalue weighted by atomic mass is 32.1. The van der Waals surface area contributed by atoms with E-state index >= 15 is 0 Å². The molecule has 52 heavy (non-hydrogen) atoms. The van der Waals surface area contributed by atoms with E-state index in [0.717, 1.165) is 39.0 Å². The predicted molar refractivity (Wildman–Crippen MR) is 222 cm³/mol. The summed E-state index contributed by atoms with van der Waals surface area (Å²) < 4.78 is 9.09. The van der Waals surface area contributed by atoms with E-state index in [2.05, 4.69) is 170 Å². The van der Waals surface area contributed by atoms with Crippen LogP contribution < -0.4 is 4.90 Å². The standard InChI is InChI=1S/C49H33NOS/c1-49(2)42-16-8-5-13-36(42)37-25-23-33(28-43(37)49)50(34-24-26-39-38-14-6-9-17-44(38)51-45(39)29-34)32-21-19-30(20-22-32)41-27-31-11-3-4-12-35(31)48-47(41)40-15-7-10-18-46(40)52-48/h3-29H,1-2H3. The van der Waals surface area contributed by atoms with E-state index in [1.165, 1.54) is 64.3 Å². The van der Waals surface area contributed by atoms with Gasteiger partial charge < -0.3 is 9.32 Å². The number of nitrogens with zero attached hydrogens (tertiary/aromatic N) is 1. The van der Waals surface area contributed by atoms with Gasteiger partial charge in [-0.2, -0.15) is 0 Å². The molecule has 11 rings (SSSR count). The van der Waals surface area contributed by atoms with Crippen LogP contribution in [-0.2, 0) is 5.41 Å². The molecule has 2 heterocycles. The van der Waals surface area contributed by atoms with Gasteiger partial charge in [-0.15, -0.1) is 11.3 Å². The Morgan fingerprint density at radius 2 is 1.13 bits per heavy atom. The molecular weight excluding hydrogens is 651 g/mol. The molecule has 2 aromatic heterocycles. The van der Waals surface area contributed by atoms with Crippen LogP contribution in [0.2, 0.25) is 0 Å². The number of benzene rings is 8. The molecule has 0 spiro atoms. The maximum atomic E-state index is 6.42. The van der Waals surface area contributed by atoms with Gasteiger partial charge in [-0.1, -0.05) is 117 Å². The fraction of sp³-hybridized carbons (Fsp3) is 0.0612. The quantitative estimate of drug-likeness (QED) is 0.184. The minimum atomic E-state index is -0.106. The number of rotatable bonds is 4. The van der Waals surface area contributed by atoms with Crippen molar-refractivity contribution in [3.8, 4) is 22.3 Å². The zero-order valence-electron chi connectivity index (χ0n) is 28.9. The first kappa shape index (κ1) is 29.6. The molecule has 10 aromatic rings. The second kappa shape index (κ2) is 10.9. The van der Waals surface area contributed by atoms with Gasteiger partial charge in [0.2, 0.25) is 0 Å². The normalized spacial score (nSPS) is 13.3. The third-order valence-electron chi connectivity index (χ3n) is 11.3. The SMILES string of the molecule is CC1(C)c2ccccc2-c2ccc(N(c3ccc(-c4cc5ccccc5c5sc6ccccc6c45)cc3)c3ccc4c(c3)oc3ccccc34)cc21. The fourth-order valence-electron chi connectivity index (χ4n) is 8.71. The van der Waals surface area contributed by atoms with Gasteiger partial charge in [-0.25, -0.2) is 0 Å². The molecule has 0 saturated heterocycles. The van der Waals surface area contributed by atoms with Gasteiger partial charge in [0.05, 0.1) is 0 Å². The highest BCUT2D eigenvalue weighted by molar-refractivity contribution is 7.26. The molecule has 0 N–H and O–H groups in total. The monoisotopic (exact) mass is 683 g/mol. The zero-order valence-corrected chi connectivity index (χ0v) is 29.7. The Bertz CT molecular complexity index is 3050. The summed E-state index contributed by atoms with van der Waals surface area (Å²) in [4.78, 5) is 2.38. The molecule has 0 unspecified atom stereocenters. The lowest BCUT2D eigenvalue weighted by Crippen LogP contribution is -2.16. The number of hydrogen-bond donors (Lipinski definition) is 0. The van der Waals surface area contributed by atoms with Crippen molar-refractivity contribution in [1.82, 2.24) is 0 Å². The minimum absolute atomic E-state index is 0.106. The van der Waals surface area contributed by atoms with Crippen LogP contribution in [0.15, 0.2) is 168 Å². The van der Waals surface area contributed by atoms with Crippen molar-refractivity contribution >= 4 is 81.3 Å². The number of hydrogen-bond acceptors (Lipinski definition) is 3. The predicted octanol–water partition coefficient (Wildman–Crippen LogP) is 14.6. The topological polar surface area (TPSA) is 16.4 Å². The zero-order chi connectivity index (χ0) is 34.6. The van der Waals surface area contributed by atoms with Gasteiger partial charge in [0, 0.05) is 59.5 Å². The molecule has 0 atom stereocenters. The maximum absolute atomic E-state index is 6.42. The van der Waals surface area contributed by atoms with Crippen molar-refractivity contribution in [2.75, 3.05) is 4.90 Å². The van der Waals surface area contributed by atoms with Crippen LogP contribution in [0.4, 0.5) is 17.1 Å². The summed E-state index contributed by atoms with van der Waals surface area (Å²) in [5.74, 6) is 0. The number of fused-ring (bicyclic) bond motifs is 11. The molecule has 0 aliphatic heterocycles. The Kier molecular flexibility index (Phi) is 6.21. The second-order valence-electron chi connectivity index (χ2n) is 14.5. The fourth-order valence-corrected chi connectivity index (χ4v) is 9.97. The molecule has 0 fully saturated rings. The summed E-state index contributed by atoms with van der Waals surface area (Å²) in [5.41, 5.74) is 12.8. The molecule has 0 amide bonds. The summed E-state index contributed by atoms with van der Waals surface area (Å²) in [6, 6.07) is 59.9. The highest BCUT2D eigenvalue weighted by Crippen LogP contribution is 2.51. The summed E-state index contributed by atoms with van der Waals surface area (Å²) in [7, 11) is 0. The van der Waals surface area contributed by atoms with Gasteiger partial charge in [-0.05, 0) is 98.8 Å². The lowest BCUT2D eigenvalue weighted by molar-refractivity contribution is 0.660. The van der Waals surface area contributed by atoms with E-state index in [9.17, 15) is 0 Å². The van der Waals surface area contributed by atoms with Crippen molar-refractivity contribution in [3.05, 3.63) is 175 Å². The van der Waals surface area contributed by atoms with Crippen molar-refractivity contribution in [1.29, 1.82) is 0 Å². The van der Waals surface area contributed by atoms with E-state index < -0.39 is 0 Å². The first-order valence-electron chi connectivity index (χ1n) is 17.9. The third kappa shape index (κ3) is 4.23. The number of furan rings is 1. The molecule has 3 heteroatoms. The van der Waals surface area contributed by atoms with Crippen molar-refractivity contribution in [2.45, 2.75) is 19.3 Å². The van der Waals surface area contributed by atoms with Crippen LogP contribution in [0.1, 0.15) is 25.0 Å². The lowest BCUT2D eigenvalue weighted by Gasteiger charge is -2.28. The third-order valence-corrected chi connectivity index (χ3v) is 12.5. The van der Waals surface area contributed by atoms with Crippen LogP contribution >= 0.6 is 11.3 Å². The van der Waals surface area contributed by atoms with Gasteiger partial charge in [0.1, 0.15) is 11.2 Å². The summed E-state index contributed by atoms with van der Waals surface area (Å²) in [6.45, 7) is 4.69. The maximum Gasteiger partial charge on any atom is 0.137 e. The van der Waals surface area contributed by atoms with Crippen LogP contribution in [0.5, 0.6) is 0 Å². The van der Waals surface area contributed by atoms with Gasteiger partial charge in [0.25, 0.3) is 0 Å². The van der Waals surface area contributed by atoms with Crippen molar-refractivity contribution < 1.29 is 4.42 Å². The average molecular weight is 684 g/mol. The van der Waals surface area contributed by atoms with E-state index in [1.807, 2.05) is 23.5 Å². The molecule has 8 aromatic carbocycles. The Hall–Kier alpha value is -6.16. The molecule has 246 valence electrons. The number of anilines is 3. The molecule has 1 aliphatic rings. The summed E-state index contributed by atoms with van der Waals surface area (Å²) in [5, 5.41) is 7.49.